The van der Waals surface area contributed by atoms with Crippen LogP contribution in [0.5, 0.6) is 5.75 Å². The van der Waals surface area contributed by atoms with Crippen LogP contribution in [0.4, 0.5) is 0 Å². The third-order valence-electron chi connectivity index (χ3n) is 4.51. The molecule has 0 unspecified atom stereocenters. The van der Waals surface area contributed by atoms with Crippen LogP contribution in [0.2, 0.25) is 0 Å². The maximum Gasteiger partial charge on any atom is 0.125 e. The smallest absolute Gasteiger partial charge is 0.125 e. The van der Waals surface area contributed by atoms with Crippen molar-refractivity contribution in [3.8, 4) is 5.75 Å². The summed E-state index contributed by atoms with van der Waals surface area (Å²) < 4.78 is 6.01. The first kappa shape index (κ1) is 15.4. The van der Waals surface area contributed by atoms with Gasteiger partial charge in [-0.15, -0.1) is 0 Å². The fourth-order valence-corrected chi connectivity index (χ4v) is 3.05. The maximum atomic E-state index is 6.01. The van der Waals surface area contributed by atoms with Crippen LogP contribution >= 0.6 is 0 Å². The molecule has 0 bridgehead atoms. The molecule has 1 N–H and O–H groups in total. The van der Waals surface area contributed by atoms with Crippen LogP contribution < -0.4 is 10.1 Å². The van der Waals surface area contributed by atoms with Crippen LogP contribution in [-0.4, -0.2) is 19.2 Å². The van der Waals surface area contributed by atoms with Crippen LogP contribution in [0.3, 0.4) is 0 Å². The molecule has 0 heterocycles. The Bertz CT molecular complexity index is 420. The van der Waals surface area contributed by atoms with Gasteiger partial charge in [0.2, 0.25) is 0 Å². The Hall–Kier alpha value is -1.02. The summed E-state index contributed by atoms with van der Waals surface area (Å²) in [6.07, 6.45) is 8.26. The second kappa shape index (κ2) is 7.68. The number of ether oxygens (including phenoxy) is 1. The lowest BCUT2D eigenvalue weighted by Crippen LogP contribution is -2.32. The molecule has 0 aliphatic heterocycles. The van der Waals surface area contributed by atoms with E-state index in [9.17, 15) is 0 Å². The number of benzene rings is 1. The average molecular weight is 275 g/mol. The number of hydrogen-bond acceptors (Lipinski definition) is 2. The van der Waals surface area contributed by atoms with Crippen molar-refractivity contribution in [2.75, 3.05) is 13.2 Å². The third kappa shape index (κ3) is 4.24. The number of hydrogen-bond donors (Lipinski definition) is 1. The van der Waals surface area contributed by atoms with Gasteiger partial charge < -0.3 is 10.1 Å². The second-order valence-corrected chi connectivity index (χ2v) is 6.14. The van der Waals surface area contributed by atoms with Crippen LogP contribution in [-0.2, 0) is 0 Å². The lowest BCUT2D eigenvalue weighted by molar-refractivity contribution is 0.297. The fraction of sp³-hybridized carbons (Fsp3) is 0.667. The third-order valence-corrected chi connectivity index (χ3v) is 4.51. The lowest BCUT2D eigenvalue weighted by Gasteiger charge is -2.18. The van der Waals surface area contributed by atoms with Crippen molar-refractivity contribution in [3.05, 3.63) is 28.8 Å². The second-order valence-electron chi connectivity index (χ2n) is 6.14. The van der Waals surface area contributed by atoms with Gasteiger partial charge in [-0.1, -0.05) is 37.8 Å². The summed E-state index contributed by atoms with van der Waals surface area (Å²) in [5, 5.41) is 3.66. The van der Waals surface area contributed by atoms with E-state index in [4.69, 9.17) is 4.74 Å². The molecule has 2 heteroatoms. The molecule has 0 amide bonds. The van der Waals surface area contributed by atoms with E-state index in [0.717, 1.165) is 18.9 Å². The molecule has 0 atom stereocenters. The summed E-state index contributed by atoms with van der Waals surface area (Å²) in [6.45, 7) is 8.14. The molecule has 1 aromatic carbocycles. The fourth-order valence-electron chi connectivity index (χ4n) is 3.05. The molecule has 1 fully saturated rings. The first-order valence-electron chi connectivity index (χ1n) is 8.11. The molecule has 1 aliphatic carbocycles. The SMILES string of the molecule is Cc1ccc(C)c(OCCNC2CCCCCC2)c1C. The number of rotatable bonds is 5. The zero-order chi connectivity index (χ0) is 14.4. The van der Waals surface area contributed by atoms with Gasteiger partial charge in [-0.2, -0.15) is 0 Å². The van der Waals surface area contributed by atoms with Gasteiger partial charge >= 0.3 is 0 Å². The van der Waals surface area contributed by atoms with Gasteiger partial charge in [0.25, 0.3) is 0 Å². The summed E-state index contributed by atoms with van der Waals surface area (Å²) in [6, 6.07) is 5.03. The Morgan fingerprint density at radius 1 is 1.00 bits per heavy atom. The molecular weight excluding hydrogens is 246 g/mol. The minimum atomic E-state index is 0.709. The highest BCUT2D eigenvalue weighted by molar-refractivity contribution is 5.44. The van der Waals surface area contributed by atoms with Gasteiger partial charge in [0, 0.05) is 12.6 Å². The highest BCUT2D eigenvalue weighted by Crippen LogP contribution is 2.25. The van der Waals surface area contributed by atoms with Crippen molar-refractivity contribution >= 4 is 0 Å². The minimum Gasteiger partial charge on any atom is -0.492 e. The van der Waals surface area contributed by atoms with E-state index in [1.807, 2.05) is 0 Å². The quantitative estimate of drug-likeness (QED) is 0.639. The highest BCUT2D eigenvalue weighted by Gasteiger charge is 2.11. The van der Waals surface area contributed by atoms with Crippen molar-refractivity contribution < 1.29 is 4.74 Å². The Labute approximate surface area is 123 Å². The number of nitrogens with one attached hydrogen (secondary N) is 1. The maximum absolute atomic E-state index is 6.01. The molecule has 112 valence electrons. The first-order chi connectivity index (χ1) is 9.68. The van der Waals surface area contributed by atoms with Gasteiger partial charge in [0.1, 0.15) is 12.4 Å². The van der Waals surface area contributed by atoms with Gasteiger partial charge in [-0.25, -0.2) is 0 Å². The zero-order valence-corrected chi connectivity index (χ0v) is 13.3. The van der Waals surface area contributed by atoms with E-state index in [2.05, 4.69) is 38.2 Å². The molecule has 0 saturated heterocycles. The van der Waals surface area contributed by atoms with Crippen LogP contribution in [0, 0.1) is 20.8 Å². The van der Waals surface area contributed by atoms with Gasteiger partial charge in [0.05, 0.1) is 0 Å². The normalized spacial score (nSPS) is 16.9. The van der Waals surface area contributed by atoms with Crippen molar-refractivity contribution in [2.24, 2.45) is 0 Å². The van der Waals surface area contributed by atoms with Gasteiger partial charge in [0.15, 0.2) is 0 Å². The van der Waals surface area contributed by atoms with Crippen molar-refractivity contribution in [3.63, 3.8) is 0 Å². The Balaban J connectivity index is 1.77. The summed E-state index contributed by atoms with van der Waals surface area (Å²) in [5.41, 5.74) is 3.82. The average Bonchev–Trinajstić information content (AvgIpc) is 2.71. The molecule has 2 rings (SSSR count). The van der Waals surface area contributed by atoms with Crippen molar-refractivity contribution in [1.82, 2.24) is 5.32 Å². The molecule has 1 saturated carbocycles. The van der Waals surface area contributed by atoms with Crippen molar-refractivity contribution in [2.45, 2.75) is 65.3 Å². The lowest BCUT2D eigenvalue weighted by atomic mass is 10.1. The standard InChI is InChI=1S/C18H29NO/c1-14-10-11-15(2)18(16(14)3)20-13-12-19-17-8-6-4-5-7-9-17/h10-11,17,19H,4-9,12-13H2,1-3H3. The Morgan fingerprint density at radius 2 is 1.65 bits per heavy atom. The molecule has 1 aromatic rings. The van der Waals surface area contributed by atoms with E-state index in [1.54, 1.807) is 0 Å². The molecule has 20 heavy (non-hydrogen) atoms. The summed E-state index contributed by atoms with van der Waals surface area (Å²) >= 11 is 0. The monoisotopic (exact) mass is 275 g/mol. The Kier molecular flexibility index (Phi) is 5.90. The van der Waals surface area contributed by atoms with Crippen LogP contribution in [0.1, 0.15) is 55.2 Å². The van der Waals surface area contributed by atoms with E-state index < -0.39 is 0 Å². The molecule has 0 spiro atoms. The van der Waals surface area contributed by atoms with E-state index >= 15 is 0 Å². The topological polar surface area (TPSA) is 21.3 Å². The van der Waals surface area contributed by atoms with E-state index in [1.165, 1.54) is 55.2 Å². The van der Waals surface area contributed by atoms with Crippen LogP contribution in [0.25, 0.3) is 0 Å². The molecule has 0 aromatic heterocycles. The molecular formula is C18H29NO. The summed E-state index contributed by atoms with van der Waals surface area (Å²) in [4.78, 5) is 0. The summed E-state index contributed by atoms with van der Waals surface area (Å²) in [7, 11) is 0. The number of aryl methyl sites for hydroxylation is 2. The minimum absolute atomic E-state index is 0.709. The molecule has 1 aliphatic rings. The van der Waals surface area contributed by atoms with E-state index in [-0.39, 0.29) is 0 Å². The highest BCUT2D eigenvalue weighted by atomic mass is 16.5. The molecule has 2 nitrogen and oxygen atoms in total. The van der Waals surface area contributed by atoms with E-state index in [0.29, 0.717) is 6.04 Å². The molecule has 0 radical (unpaired) electrons. The van der Waals surface area contributed by atoms with Gasteiger partial charge in [-0.3, -0.25) is 0 Å². The Morgan fingerprint density at radius 3 is 2.35 bits per heavy atom. The zero-order valence-electron chi connectivity index (χ0n) is 13.3. The van der Waals surface area contributed by atoms with Gasteiger partial charge in [-0.05, 0) is 50.3 Å². The first-order valence-corrected chi connectivity index (χ1v) is 8.11. The largest absolute Gasteiger partial charge is 0.492 e. The predicted molar refractivity (Wildman–Crippen MR) is 85.6 cm³/mol. The predicted octanol–water partition coefficient (Wildman–Crippen LogP) is 4.30. The van der Waals surface area contributed by atoms with Crippen LogP contribution in [0.15, 0.2) is 12.1 Å². The van der Waals surface area contributed by atoms with Crippen molar-refractivity contribution in [1.29, 1.82) is 0 Å². The summed E-state index contributed by atoms with van der Waals surface area (Å²) in [5.74, 6) is 1.08.